The van der Waals surface area contributed by atoms with E-state index in [4.69, 9.17) is 21.1 Å². The molecule has 0 heterocycles. The van der Waals surface area contributed by atoms with Gasteiger partial charge in [-0.05, 0) is 48.2 Å². The Labute approximate surface area is 141 Å². The highest BCUT2D eigenvalue weighted by atomic mass is 35.5. The average molecular weight is 331 g/mol. The molecule has 0 aliphatic heterocycles. The van der Waals surface area contributed by atoms with E-state index in [0.717, 1.165) is 22.4 Å². The number of methoxy groups -OCH3 is 2. The van der Waals surface area contributed by atoms with Crippen molar-refractivity contribution in [1.82, 2.24) is 0 Å². The maximum Gasteiger partial charge on any atom is 0.338 e. The molecule has 120 valence electrons. The molecule has 3 nitrogen and oxygen atoms in total. The fourth-order valence-corrected chi connectivity index (χ4v) is 2.75. The molecule has 0 fully saturated rings. The van der Waals surface area contributed by atoms with Gasteiger partial charge in [0.2, 0.25) is 0 Å². The van der Waals surface area contributed by atoms with E-state index in [1.807, 2.05) is 37.3 Å². The number of halogens is 1. The van der Waals surface area contributed by atoms with Crippen LogP contribution in [0.25, 0.3) is 6.08 Å². The summed E-state index contributed by atoms with van der Waals surface area (Å²) in [6.45, 7) is 5.68. The summed E-state index contributed by atoms with van der Waals surface area (Å²) in [5.74, 6) is 0.388. The van der Waals surface area contributed by atoms with Crippen LogP contribution in [0.15, 0.2) is 36.9 Å². The molecule has 0 aliphatic rings. The van der Waals surface area contributed by atoms with Gasteiger partial charge in [-0.3, -0.25) is 0 Å². The Morgan fingerprint density at radius 1 is 1.26 bits per heavy atom. The summed E-state index contributed by atoms with van der Waals surface area (Å²) in [7, 11) is 2.99. The maximum atomic E-state index is 12.0. The largest absolute Gasteiger partial charge is 0.497 e. The van der Waals surface area contributed by atoms with Crippen LogP contribution in [-0.4, -0.2) is 20.2 Å². The zero-order valence-corrected chi connectivity index (χ0v) is 14.2. The average Bonchev–Trinajstić information content (AvgIpc) is 2.58. The van der Waals surface area contributed by atoms with Crippen molar-refractivity contribution in [3.05, 3.63) is 69.8 Å². The van der Waals surface area contributed by atoms with Crippen molar-refractivity contribution in [2.24, 2.45) is 0 Å². The quantitative estimate of drug-likeness (QED) is 0.747. The van der Waals surface area contributed by atoms with Crippen LogP contribution >= 0.6 is 11.6 Å². The summed E-state index contributed by atoms with van der Waals surface area (Å²) in [6.07, 6.45) is 2.25. The molecule has 0 unspecified atom stereocenters. The molecule has 4 heteroatoms. The number of hydrogen-bond donors (Lipinski definition) is 0. The molecular formula is C19H19ClO3. The second-order valence-corrected chi connectivity index (χ2v) is 5.53. The minimum absolute atomic E-state index is 0.419. The molecule has 0 radical (unpaired) electrons. The maximum absolute atomic E-state index is 12.0. The number of carbonyl (C=O) groups is 1. The number of rotatable bonds is 5. The highest BCUT2D eigenvalue weighted by Gasteiger charge is 2.18. The van der Waals surface area contributed by atoms with Crippen molar-refractivity contribution in [3.8, 4) is 5.75 Å². The van der Waals surface area contributed by atoms with Gasteiger partial charge in [0.25, 0.3) is 0 Å². The van der Waals surface area contributed by atoms with E-state index < -0.39 is 5.97 Å². The second-order valence-electron chi connectivity index (χ2n) is 5.16. The monoisotopic (exact) mass is 330 g/mol. The molecule has 0 aromatic heterocycles. The molecule has 2 aromatic carbocycles. The summed E-state index contributed by atoms with van der Waals surface area (Å²) in [5.41, 5.74) is 4.06. The first kappa shape index (κ1) is 17.1. The molecule has 2 rings (SSSR count). The molecule has 0 spiro atoms. The third-order valence-corrected chi connectivity index (χ3v) is 4.31. The summed E-state index contributed by atoms with van der Waals surface area (Å²) in [6, 6.07) is 9.63. The van der Waals surface area contributed by atoms with Crippen molar-refractivity contribution in [1.29, 1.82) is 0 Å². The number of benzene rings is 2. The van der Waals surface area contributed by atoms with Gasteiger partial charge in [0.1, 0.15) is 5.75 Å². The zero-order chi connectivity index (χ0) is 17.0. The molecule has 0 aliphatic carbocycles. The first-order chi connectivity index (χ1) is 11.0. The standard InChI is InChI=1S/C19H19ClO3/c1-5-16-17(19(21)23-4)11-14(12(2)18(16)20)10-13-6-8-15(22-3)9-7-13/h5-9,11H,1,10H2,2-4H3. The first-order valence-corrected chi connectivity index (χ1v) is 7.55. The summed E-state index contributed by atoms with van der Waals surface area (Å²) in [4.78, 5) is 12.0. The number of hydrogen-bond acceptors (Lipinski definition) is 3. The van der Waals surface area contributed by atoms with Gasteiger partial charge < -0.3 is 9.47 Å². The smallest absolute Gasteiger partial charge is 0.338 e. The van der Waals surface area contributed by atoms with Gasteiger partial charge in [-0.2, -0.15) is 0 Å². The van der Waals surface area contributed by atoms with E-state index in [1.54, 1.807) is 13.2 Å². The number of carbonyl (C=O) groups excluding carboxylic acids is 1. The van der Waals surface area contributed by atoms with Gasteiger partial charge in [0.05, 0.1) is 24.8 Å². The van der Waals surface area contributed by atoms with Gasteiger partial charge in [-0.15, -0.1) is 0 Å². The highest BCUT2D eigenvalue weighted by Crippen LogP contribution is 2.30. The normalized spacial score (nSPS) is 10.3. The third-order valence-electron chi connectivity index (χ3n) is 3.82. The van der Waals surface area contributed by atoms with Crippen LogP contribution in [-0.2, 0) is 11.2 Å². The topological polar surface area (TPSA) is 35.5 Å². The van der Waals surface area contributed by atoms with Gasteiger partial charge >= 0.3 is 5.97 Å². The molecule has 2 aromatic rings. The van der Waals surface area contributed by atoms with Crippen LogP contribution in [0.4, 0.5) is 0 Å². The van der Waals surface area contributed by atoms with Gasteiger partial charge in [0.15, 0.2) is 0 Å². The second kappa shape index (κ2) is 7.34. The van der Waals surface area contributed by atoms with Gasteiger partial charge in [-0.1, -0.05) is 36.4 Å². The van der Waals surface area contributed by atoms with E-state index >= 15 is 0 Å². The zero-order valence-electron chi connectivity index (χ0n) is 13.5. The van der Waals surface area contributed by atoms with Crippen molar-refractivity contribution < 1.29 is 14.3 Å². The van der Waals surface area contributed by atoms with Crippen LogP contribution in [0, 0.1) is 6.92 Å². The van der Waals surface area contributed by atoms with Crippen LogP contribution < -0.4 is 4.74 Å². The summed E-state index contributed by atoms with van der Waals surface area (Å²) in [5, 5.41) is 0.534. The molecule has 0 amide bonds. The van der Waals surface area contributed by atoms with E-state index in [9.17, 15) is 4.79 Å². The molecule has 0 saturated heterocycles. The lowest BCUT2D eigenvalue weighted by Crippen LogP contribution is -2.07. The van der Waals surface area contributed by atoms with E-state index in [1.165, 1.54) is 7.11 Å². The minimum atomic E-state index is -0.419. The Hall–Kier alpha value is -2.26. The predicted molar refractivity (Wildman–Crippen MR) is 93.4 cm³/mol. The van der Waals surface area contributed by atoms with Crippen LogP contribution in [0.1, 0.15) is 32.6 Å². The van der Waals surface area contributed by atoms with Crippen molar-refractivity contribution >= 4 is 23.6 Å². The lowest BCUT2D eigenvalue weighted by Gasteiger charge is -2.14. The Morgan fingerprint density at radius 2 is 1.91 bits per heavy atom. The summed E-state index contributed by atoms with van der Waals surface area (Å²) < 4.78 is 10.0. The Kier molecular flexibility index (Phi) is 5.45. The van der Waals surface area contributed by atoms with Gasteiger partial charge in [-0.25, -0.2) is 4.79 Å². The van der Waals surface area contributed by atoms with E-state index in [-0.39, 0.29) is 0 Å². The highest BCUT2D eigenvalue weighted by molar-refractivity contribution is 6.33. The Morgan fingerprint density at radius 3 is 2.43 bits per heavy atom. The number of ether oxygens (including phenoxy) is 2. The third kappa shape index (κ3) is 3.57. The molecule has 0 atom stereocenters. The molecule has 0 saturated carbocycles. The molecule has 0 bridgehead atoms. The van der Waals surface area contributed by atoms with Crippen LogP contribution in [0.3, 0.4) is 0 Å². The van der Waals surface area contributed by atoms with E-state index in [2.05, 4.69) is 6.58 Å². The van der Waals surface area contributed by atoms with Crippen molar-refractivity contribution in [2.75, 3.05) is 14.2 Å². The van der Waals surface area contributed by atoms with Gasteiger partial charge in [0, 0.05) is 5.56 Å². The fourth-order valence-electron chi connectivity index (χ4n) is 2.45. The molecule has 23 heavy (non-hydrogen) atoms. The lowest BCUT2D eigenvalue weighted by atomic mass is 9.94. The van der Waals surface area contributed by atoms with Crippen LogP contribution in [0.5, 0.6) is 5.75 Å². The van der Waals surface area contributed by atoms with Crippen molar-refractivity contribution in [2.45, 2.75) is 13.3 Å². The van der Waals surface area contributed by atoms with E-state index in [0.29, 0.717) is 22.6 Å². The lowest BCUT2D eigenvalue weighted by molar-refractivity contribution is 0.0600. The predicted octanol–water partition coefficient (Wildman–Crippen LogP) is 4.68. The SMILES string of the molecule is C=Cc1c(C(=O)OC)cc(Cc2ccc(OC)cc2)c(C)c1Cl. The number of esters is 1. The molecular weight excluding hydrogens is 312 g/mol. The first-order valence-electron chi connectivity index (χ1n) is 7.17. The van der Waals surface area contributed by atoms with Crippen LogP contribution in [0.2, 0.25) is 5.02 Å². The van der Waals surface area contributed by atoms with Crippen molar-refractivity contribution in [3.63, 3.8) is 0 Å². The molecule has 0 N–H and O–H groups in total. The minimum Gasteiger partial charge on any atom is -0.497 e. The Bertz CT molecular complexity index is 733. The fraction of sp³-hybridized carbons (Fsp3) is 0.211. The summed E-state index contributed by atoms with van der Waals surface area (Å²) >= 11 is 6.42. The Balaban J connectivity index is 2.47.